The third-order valence-corrected chi connectivity index (χ3v) is 2.42. The molecule has 0 aliphatic carbocycles. The molecule has 0 saturated carbocycles. The highest BCUT2D eigenvalue weighted by molar-refractivity contribution is 5.95. The van der Waals surface area contributed by atoms with Crippen LogP contribution in [0.3, 0.4) is 0 Å². The molecule has 6 heteroatoms. The van der Waals surface area contributed by atoms with E-state index in [2.05, 4.69) is 0 Å². The van der Waals surface area contributed by atoms with E-state index >= 15 is 0 Å². The van der Waals surface area contributed by atoms with Crippen LogP contribution in [-0.4, -0.2) is 37.7 Å². The number of carbonyl (C=O) groups excluding carboxylic acids is 3. The van der Waals surface area contributed by atoms with Crippen LogP contribution in [0, 0.1) is 11.8 Å². The largest absolute Gasteiger partial charge is 0.466 e. The van der Waals surface area contributed by atoms with Gasteiger partial charge in [-0.3, -0.25) is 14.4 Å². The van der Waals surface area contributed by atoms with Crippen LogP contribution >= 0.6 is 0 Å². The van der Waals surface area contributed by atoms with Gasteiger partial charge in [-0.05, 0) is 27.2 Å². The van der Waals surface area contributed by atoms with Crippen molar-refractivity contribution in [2.45, 2.75) is 34.1 Å². The van der Waals surface area contributed by atoms with E-state index in [4.69, 9.17) is 14.2 Å². The molecule has 0 N–H and O–H groups in total. The first-order valence-electron chi connectivity index (χ1n) is 6.47. The highest BCUT2D eigenvalue weighted by Crippen LogP contribution is 2.17. The number of esters is 3. The Balaban J connectivity index is 4.70. The zero-order chi connectivity index (χ0) is 14.8. The molecule has 0 bridgehead atoms. The second-order valence-electron chi connectivity index (χ2n) is 3.95. The van der Waals surface area contributed by atoms with Crippen molar-refractivity contribution < 1.29 is 28.6 Å². The van der Waals surface area contributed by atoms with Gasteiger partial charge in [0.25, 0.3) is 0 Å². The van der Waals surface area contributed by atoms with E-state index < -0.39 is 29.7 Å². The Morgan fingerprint density at radius 1 is 0.789 bits per heavy atom. The number of hydrogen-bond donors (Lipinski definition) is 0. The summed E-state index contributed by atoms with van der Waals surface area (Å²) in [6, 6.07) is 0. The van der Waals surface area contributed by atoms with Gasteiger partial charge in [0.1, 0.15) is 0 Å². The van der Waals surface area contributed by atoms with Crippen LogP contribution in [0.15, 0.2) is 0 Å². The molecular weight excluding hydrogens is 252 g/mol. The quantitative estimate of drug-likeness (QED) is 0.377. The number of hydrogen-bond acceptors (Lipinski definition) is 6. The summed E-state index contributed by atoms with van der Waals surface area (Å²) in [5.41, 5.74) is 0. The van der Waals surface area contributed by atoms with Gasteiger partial charge in [0.2, 0.25) is 0 Å². The van der Waals surface area contributed by atoms with Crippen LogP contribution in [0.4, 0.5) is 0 Å². The van der Waals surface area contributed by atoms with Crippen LogP contribution in [0.5, 0.6) is 0 Å². The van der Waals surface area contributed by atoms with Gasteiger partial charge in [0, 0.05) is 0 Å². The molecule has 0 rings (SSSR count). The fourth-order valence-electron chi connectivity index (χ4n) is 1.51. The van der Waals surface area contributed by atoms with Crippen LogP contribution < -0.4 is 0 Å². The van der Waals surface area contributed by atoms with E-state index in [1.165, 1.54) is 0 Å². The van der Waals surface area contributed by atoms with E-state index in [1.807, 2.05) is 0 Å². The van der Waals surface area contributed by atoms with Gasteiger partial charge in [-0.1, -0.05) is 6.92 Å². The normalized spacial score (nSPS) is 11.8. The van der Waals surface area contributed by atoms with Crippen molar-refractivity contribution in [3.05, 3.63) is 0 Å². The second kappa shape index (κ2) is 9.35. The molecule has 0 saturated heterocycles. The minimum absolute atomic E-state index is 0.0243. The first kappa shape index (κ1) is 17.4. The van der Waals surface area contributed by atoms with E-state index in [1.54, 1.807) is 27.7 Å². The Hall–Kier alpha value is -1.59. The first-order chi connectivity index (χ1) is 8.97. The number of carbonyl (C=O) groups is 3. The summed E-state index contributed by atoms with van der Waals surface area (Å²) in [6.07, 6.45) is 0.0243. The molecule has 0 amide bonds. The third kappa shape index (κ3) is 6.22. The Kier molecular flexibility index (Phi) is 8.57. The molecule has 0 aliphatic rings. The minimum atomic E-state index is -1.08. The summed E-state index contributed by atoms with van der Waals surface area (Å²) in [6.45, 7) is 7.18. The molecule has 6 nitrogen and oxygen atoms in total. The molecule has 0 radical (unpaired) electrons. The highest BCUT2D eigenvalue weighted by Gasteiger charge is 2.33. The van der Waals surface area contributed by atoms with Gasteiger partial charge >= 0.3 is 17.9 Å². The van der Waals surface area contributed by atoms with Crippen molar-refractivity contribution in [3.8, 4) is 0 Å². The highest BCUT2D eigenvalue weighted by atomic mass is 16.6. The van der Waals surface area contributed by atoms with Gasteiger partial charge in [-0.25, -0.2) is 0 Å². The SMILES string of the molecule is CCOC(=O)C(C[C@H](C)C(=O)OCC)C(=O)OCC. The van der Waals surface area contributed by atoms with Crippen molar-refractivity contribution >= 4 is 17.9 Å². The molecule has 0 aromatic heterocycles. The molecule has 0 aromatic rings. The van der Waals surface area contributed by atoms with Crippen LogP contribution in [-0.2, 0) is 28.6 Å². The zero-order valence-corrected chi connectivity index (χ0v) is 11.9. The minimum Gasteiger partial charge on any atom is -0.466 e. The number of rotatable bonds is 8. The van der Waals surface area contributed by atoms with Gasteiger partial charge < -0.3 is 14.2 Å². The summed E-state index contributed by atoms with van der Waals surface area (Å²) >= 11 is 0. The third-order valence-electron chi connectivity index (χ3n) is 2.42. The standard InChI is InChI=1S/C13H22O6/c1-5-17-11(14)9(4)8-10(12(15)18-6-2)13(16)19-7-3/h9-10H,5-8H2,1-4H3/t9-/m0/s1. The Morgan fingerprint density at radius 2 is 1.16 bits per heavy atom. The van der Waals surface area contributed by atoms with E-state index in [9.17, 15) is 14.4 Å². The lowest BCUT2D eigenvalue weighted by atomic mass is 9.96. The monoisotopic (exact) mass is 274 g/mol. The summed E-state index contributed by atoms with van der Waals surface area (Å²) in [5, 5.41) is 0. The molecule has 0 heterocycles. The smallest absolute Gasteiger partial charge is 0.320 e. The van der Waals surface area contributed by atoms with Gasteiger partial charge in [0.15, 0.2) is 5.92 Å². The lowest BCUT2D eigenvalue weighted by Gasteiger charge is -2.17. The molecular formula is C13H22O6. The molecule has 19 heavy (non-hydrogen) atoms. The Labute approximate surface area is 113 Å². The summed E-state index contributed by atoms with van der Waals surface area (Å²) in [4.78, 5) is 34.9. The van der Waals surface area contributed by atoms with Crippen LogP contribution in [0.25, 0.3) is 0 Å². The number of ether oxygens (including phenoxy) is 3. The van der Waals surface area contributed by atoms with Gasteiger partial charge in [-0.2, -0.15) is 0 Å². The van der Waals surface area contributed by atoms with E-state index in [-0.39, 0.29) is 26.2 Å². The Morgan fingerprint density at radius 3 is 1.53 bits per heavy atom. The summed E-state index contributed by atoms with van der Waals surface area (Å²) in [7, 11) is 0. The van der Waals surface area contributed by atoms with Crippen LogP contribution in [0.2, 0.25) is 0 Å². The maximum Gasteiger partial charge on any atom is 0.320 e. The molecule has 0 aliphatic heterocycles. The molecule has 110 valence electrons. The maximum atomic E-state index is 11.7. The van der Waals surface area contributed by atoms with Crippen molar-refractivity contribution in [1.82, 2.24) is 0 Å². The van der Waals surface area contributed by atoms with Crippen LogP contribution in [0.1, 0.15) is 34.1 Å². The average molecular weight is 274 g/mol. The molecule has 0 unspecified atom stereocenters. The Bertz CT molecular complexity index is 294. The van der Waals surface area contributed by atoms with E-state index in [0.717, 1.165) is 0 Å². The zero-order valence-electron chi connectivity index (χ0n) is 11.9. The lowest BCUT2D eigenvalue weighted by Crippen LogP contribution is -2.31. The van der Waals surface area contributed by atoms with Gasteiger partial charge in [0.05, 0.1) is 25.7 Å². The van der Waals surface area contributed by atoms with Crippen molar-refractivity contribution in [2.75, 3.05) is 19.8 Å². The summed E-state index contributed by atoms with van der Waals surface area (Å²) < 4.78 is 14.5. The molecule has 1 atom stereocenters. The molecule has 0 aromatic carbocycles. The maximum absolute atomic E-state index is 11.7. The fraction of sp³-hybridized carbons (Fsp3) is 0.769. The van der Waals surface area contributed by atoms with Crippen molar-refractivity contribution in [2.24, 2.45) is 11.8 Å². The first-order valence-corrected chi connectivity index (χ1v) is 6.47. The van der Waals surface area contributed by atoms with Crippen molar-refractivity contribution in [1.29, 1.82) is 0 Å². The second-order valence-corrected chi connectivity index (χ2v) is 3.95. The van der Waals surface area contributed by atoms with Gasteiger partial charge in [-0.15, -0.1) is 0 Å². The predicted molar refractivity (Wildman–Crippen MR) is 67.2 cm³/mol. The lowest BCUT2D eigenvalue weighted by molar-refractivity contribution is -0.163. The topological polar surface area (TPSA) is 78.9 Å². The average Bonchev–Trinajstić information content (AvgIpc) is 2.36. The summed E-state index contributed by atoms with van der Waals surface area (Å²) in [5.74, 6) is -3.44. The predicted octanol–water partition coefficient (Wildman–Crippen LogP) is 1.32. The van der Waals surface area contributed by atoms with E-state index in [0.29, 0.717) is 0 Å². The van der Waals surface area contributed by atoms with Crippen molar-refractivity contribution in [3.63, 3.8) is 0 Å². The molecule has 0 spiro atoms. The fourth-order valence-corrected chi connectivity index (χ4v) is 1.51. The molecule has 0 fully saturated rings.